The molecule has 1 saturated carbocycles. The van der Waals surface area contributed by atoms with Gasteiger partial charge >= 0.3 is 5.69 Å². The zero-order chi connectivity index (χ0) is 13.9. The minimum atomic E-state index is -0.512. The first-order chi connectivity index (χ1) is 9.06. The van der Waals surface area contributed by atoms with Crippen LogP contribution in [0.1, 0.15) is 25.7 Å². The second kappa shape index (κ2) is 5.71. The highest BCUT2D eigenvalue weighted by atomic mass is 35.5. The minimum Gasteiger partial charge on any atom is -0.396 e. The Kier molecular flexibility index (Phi) is 4.21. The van der Waals surface area contributed by atoms with E-state index in [0.29, 0.717) is 6.54 Å². The lowest BCUT2D eigenvalue weighted by Gasteiger charge is -2.26. The molecule has 0 unspecified atom stereocenters. The van der Waals surface area contributed by atoms with Gasteiger partial charge in [-0.25, -0.2) is 4.98 Å². The second-order valence-electron chi connectivity index (χ2n) is 5.00. The Bertz CT molecular complexity index is 475. The van der Waals surface area contributed by atoms with Crippen LogP contribution in [-0.4, -0.2) is 28.2 Å². The Morgan fingerprint density at radius 2 is 2.21 bits per heavy atom. The van der Waals surface area contributed by atoms with Crippen molar-refractivity contribution in [2.75, 3.05) is 18.5 Å². The Morgan fingerprint density at radius 1 is 1.53 bits per heavy atom. The summed E-state index contributed by atoms with van der Waals surface area (Å²) < 4.78 is 0. The van der Waals surface area contributed by atoms with Crippen LogP contribution in [0.5, 0.6) is 0 Å². The summed E-state index contributed by atoms with van der Waals surface area (Å²) in [5, 5.41) is 23.7. The molecule has 0 atom stereocenters. The van der Waals surface area contributed by atoms with Gasteiger partial charge < -0.3 is 10.4 Å². The van der Waals surface area contributed by atoms with E-state index in [2.05, 4.69) is 10.3 Å². The smallest absolute Gasteiger partial charge is 0.312 e. The Balaban J connectivity index is 2.13. The molecule has 0 spiro atoms. The van der Waals surface area contributed by atoms with Crippen LogP contribution in [0.3, 0.4) is 0 Å². The van der Waals surface area contributed by atoms with Crippen molar-refractivity contribution >= 4 is 23.1 Å². The summed E-state index contributed by atoms with van der Waals surface area (Å²) in [7, 11) is 0. The van der Waals surface area contributed by atoms with Crippen LogP contribution < -0.4 is 5.32 Å². The van der Waals surface area contributed by atoms with Crippen molar-refractivity contribution in [3.63, 3.8) is 0 Å². The Morgan fingerprint density at radius 3 is 2.79 bits per heavy atom. The average molecular weight is 286 g/mol. The van der Waals surface area contributed by atoms with Crippen molar-refractivity contribution in [2.45, 2.75) is 25.7 Å². The summed E-state index contributed by atoms with van der Waals surface area (Å²) in [6, 6.07) is 1.27. The number of pyridine rings is 1. The third kappa shape index (κ3) is 3.13. The van der Waals surface area contributed by atoms with E-state index in [1.54, 1.807) is 0 Å². The van der Waals surface area contributed by atoms with Crippen molar-refractivity contribution in [3.8, 4) is 0 Å². The van der Waals surface area contributed by atoms with Crippen LogP contribution in [0.15, 0.2) is 12.3 Å². The molecule has 6 nitrogen and oxygen atoms in total. The maximum Gasteiger partial charge on any atom is 0.312 e. The van der Waals surface area contributed by atoms with E-state index in [9.17, 15) is 15.2 Å². The fraction of sp³-hybridized carbons (Fsp3) is 0.583. The van der Waals surface area contributed by atoms with Gasteiger partial charge in [0, 0.05) is 24.2 Å². The first-order valence-corrected chi connectivity index (χ1v) is 6.59. The molecule has 0 amide bonds. The summed E-state index contributed by atoms with van der Waals surface area (Å²) in [6.07, 6.45) is 5.39. The number of aliphatic hydroxyl groups is 1. The van der Waals surface area contributed by atoms with Crippen LogP contribution >= 0.6 is 11.6 Å². The van der Waals surface area contributed by atoms with Crippen molar-refractivity contribution in [2.24, 2.45) is 5.41 Å². The molecule has 0 radical (unpaired) electrons. The number of hydrogen-bond donors (Lipinski definition) is 2. The number of nitrogens with one attached hydrogen (secondary N) is 1. The minimum absolute atomic E-state index is 0.0847. The zero-order valence-electron chi connectivity index (χ0n) is 10.4. The molecule has 1 aromatic rings. The van der Waals surface area contributed by atoms with Crippen molar-refractivity contribution in [3.05, 3.63) is 27.4 Å². The number of anilines is 1. The molecule has 104 valence electrons. The Hall–Kier alpha value is -1.40. The molecule has 0 aromatic carbocycles. The van der Waals surface area contributed by atoms with Gasteiger partial charge in [-0.15, -0.1) is 0 Å². The van der Waals surface area contributed by atoms with E-state index in [-0.39, 0.29) is 28.5 Å². The summed E-state index contributed by atoms with van der Waals surface area (Å²) in [5.74, 6) is 0.203. The van der Waals surface area contributed by atoms with Crippen LogP contribution in [0.2, 0.25) is 5.02 Å². The molecular weight excluding hydrogens is 270 g/mol. The van der Waals surface area contributed by atoms with Crippen LogP contribution in [-0.2, 0) is 0 Å². The van der Waals surface area contributed by atoms with E-state index in [1.165, 1.54) is 12.3 Å². The van der Waals surface area contributed by atoms with Gasteiger partial charge in [0.05, 0.1) is 16.6 Å². The van der Waals surface area contributed by atoms with Gasteiger partial charge in [-0.1, -0.05) is 24.4 Å². The third-order valence-corrected chi connectivity index (χ3v) is 3.87. The van der Waals surface area contributed by atoms with E-state index in [0.717, 1.165) is 25.7 Å². The van der Waals surface area contributed by atoms with Crippen LogP contribution in [0, 0.1) is 15.5 Å². The van der Waals surface area contributed by atoms with Gasteiger partial charge in [-0.05, 0) is 12.8 Å². The van der Waals surface area contributed by atoms with Crippen LogP contribution in [0.25, 0.3) is 0 Å². The Labute approximate surface area is 116 Å². The number of rotatable bonds is 5. The fourth-order valence-electron chi connectivity index (χ4n) is 2.49. The number of nitrogens with zero attached hydrogens (tertiary/aromatic N) is 2. The molecular formula is C12H16ClN3O3. The van der Waals surface area contributed by atoms with E-state index in [4.69, 9.17) is 11.6 Å². The van der Waals surface area contributed by atoms with Gasteiger partial charge in [-0.2, -0.15) is 0 Å². The summed E-state index contributed by atoms with van der Waals surface area (Å²) in [6.45, 7) is 0.570. The first kappa shape index (κ1) is 14.0. The quantitative estimate of drug-likeness (QED) is 0.641. The molecule has 0 bridgehead atoms. The van der Waals surface area contributed by atoms with E-state index >= 15 is 0 Å². The van der Waals surface area contributed by atoms with Gasteiger partial charge in [0.15, 0.2) is 0 Å². The van der Waals surface area contributed by atoms with Crippen molar-refractivity contribution < 1.29 is 10.0 Å². The fourth-order valence-corrected chi connectivity index (χ4v) is 2.64. The number of halogens is 1. The SMILES string of the molecule is O=[N+]([O-])c1cc(Cl)cnc1NCC1(CO)CCCC1. The van der Waals surface area contributed by atoms with Gasteiger partial charge in [0.2, 0.25) is 5.82 Å². The van der Waals surface area contributed by atoms with Crippen molar-refractivity contribution in [1.82, 2.24) is 4.98 Å². The molecule has 1 heterocycles. The van der Waals surface area contributed by atoms with E-state index < -0.39 is 4.92 Å². The molecule has 2 rings (SSSR count). The molecule has 1 aliphatic rings. The summed E-state index contributed by atoms with van der Waals surface area (Å²) >= 11 is 5.71. The molecule has 19 heavy (non-hydrogen) atoms. The largest absolute Gasteiger partial charge is 0.396 e. The lowest BCUT2D eigenvalue weighted by Crippen LogP contribution is -2.30. The molecule has 2 N–H and O–H groups in total. The highest BCUT2D eigenvalue weighted by Crippen LogP contribution is 2.38. The van der Waals surface area contributed by atoms with Gasteiger partial charge in [0.25, 0.3) is 0 Å². The highest BCUT2D eigenvalue weighted by molar-refractivity contribution is 6.30. The van der Waals surface area contributed by atoms with E-state index in [1.807, 2.05) is 0 Å². The number of hydrogen-bond acceptors (Lipinski definition) is 5. The predicted octanol–water partition coefficient (Wildman–Crippen LogP) is 2.61. The molecule has 0 aliphatic heterocycles. The van der Waals surface area contributed by atoms with Crippen molar-refractivity contribution in [1.29, 1.82) is 0 Å². The van der Waals surface area contributed by atoms with Gasteiger partial charge in [0.1, 0.15) is 0 Å². The standard InChI is InChI=1S/C12H16ClN3O3/c13-9-5-10(16(18)19)11(14-6-9)15-7-12(8-17)3-1-2-4-12/h5-6,17H,1-4,7-8H2,(H,14,15). The lowest BCUT2D eigenvalue weighted by molar-refractivity contribution is -0.384. The molecule has 1 aromatic heterocycles. The summed E-state index contributed by atoms with van der Waals surface area (Å²) in [4.78, 5) is 14.4. The highest BCUT2D eigenvalue weighted by Gasteiger charge is 2.33. The average Bonchev–Trinajstić information content (AvgIpc) is 2.86. The zero-order valence-corrected chi connectivity index (χ0v) is 11.2. The number of nitro groups is 1. The summed E-state index contributed by atoms with van der Waals surface area (Å²) in [5.41, 5.74) is -0.326. The van der Waals surface area contributed by atoms with Crippen LogP contribution in [0.4, 0.5) is 11.5 Å². The molecule has 0 saturated heterocycles. The second-order valence-corrected chi connectivity index (χ2v) is 5.43. The third-order valence-electron chi connectivity index (χ3n) is 3.66. The normalized spacial score (nSPS) is 17.4. The topological polar surface area (TPSA) is 88.3 Å². The molecule has 1 aliphatic carbocycles. The predicted molar refractivity (Wildman–Crippen MR) is 72.4 cm³/mol. The molecule has 1 fully saturated rings. The molecule has 7 heteroatoms. The number of aromatic nitrogens is 1. The maximum absolute atomic E-state index is 10.9. The monoisotopic (exact) mass is 285 g/mol. The maximum atomic E-state index is 10.9. The van der Waals surface area contributed by atoms with Gasteiger partial charge in [-0.3, -0.25) is 10.1 Å². The first-order valence-electron chi connectivity index (χ1n) is 6.21. The number of aliphatic hydroxyl groups excluding tert-OH is 1. The lowest BCUT2D eigenvalue weighted by atomic mass is 9.87.